The zero-order valence-electron chi connectivity index (χ0n) is 22.1. The second-order valence-electron chi connectivity index (χ2n) is 13.4. The summed E-state index contributed by atoms with van der Waals surface area (Å²) >= 11 is 0. The van der Waals surface area contributed by atoms with Crippen LogP contribution in [0.5, 0.6) is 0 Å². The Kier molecular flexibility index (Phi) is 6.56. The van der Waals surface area contributed by atoms with Gasteiger partial charge in [-0.1, -0.05) is 69.2 Å². The predicted octanol–water partition coefficient (Wildman–Crippen LogP) is 7.64. The maximum absolute atomic E-state index is 11.0. The molecule has 0 amide bonds. The summed E-state index contributed by atoms with van der Waals surface area (Å²) in [5, 5.41) is 21.3. The monoisotopic (exact) mass is 464 g/mol. The molecule has 0 radical (unpaired) electrons. The van der Waals surface area contributed by atoms with Crippen LogP contribution < -0.4 is 0 Å². The van der Waals surface area contributed by atoms with Crippen molar-refractivity contribution in [3.05, 3.63) is 47.5 Å². The van der Waals surface area contributed by atoms with E-state index in [1.54, 1.807) is 5.57 Å². The molecule has 0 bridgehead atoms. The van der Waals surface area contributed by atoms with E-state index < -0.39 is 5.60 Å². The van der Waals surface area contributed by atoms with Crippen LogP contribution in [0.25, 0.3) is 0 Å². The smallest absolute Gasteiger partial charge is 0.0868 e. The van der Waals surface area contributed by atoms with Gasteiger partial charge >= 0.3 is 0 Å². The molecule has 9 atom stereocenters. The van der Waals surface area contributed by atoms with Crippen molar-refractivity contribution < 1.29 is 10.2 Å². The molecule has 4 aliphatic carbocycles. The van der Waals surface area contributed by atoms with E-state index in [4.69, 9.17) is 0 Å². The molecule has 1 aromatic rings. The summed E-state index contributed by atoms with van der Waals surface area (Å²) in [5.41, 5.74) is 2.73. The second-order valence-corrected chi connectivity index (χ2v) is 13.4. The zero-order chi connectivity index (χ0) is 24.1. The highest BCUT2D eigenvalue weighted by Crippen LogP contribution is 2.67. The maximum Gasteiger partial charge on any atom is 0.0868 e. The lowest BCUT2D eigenvalue weighted by Gasteiger charge is -2.58. The zero-order valence-corrected chi connectivity index (χ0v) is 22.1. The van der Waals surface area contributed by atoms with Gasteiger partial charge in [-0.25, -0.2) is 0 Å². The number of hydrogen-bond donors (Lipinski definition) is 2. The van der Waals surface area contributed by atoms with Crippen LogP contribution in [0.3, 0.4) is 0 Å². The van der Waals surface area contributed by atoms with E-state index in [0.29, 0.717) is 10.8 Å². The Labute approximate surface area is 208 Å². The normalized spacial score (nSPS) is 42.1. The van der Waals surface area contributed by atoms with E-state index in [1.165, 1.54) is 44.9 Å². The quantitative estimate of drug-likeness (QED) is 0.425. The molecule has 0 heterocycles. The van der Waals surface area contributed by atoms with Crippen molar-refractivity contribution in [2.75, 3.05) is 0 Å². The number of benzene rings is 1. The molecule has 2 nitrogen and oxygen atoms in total. The third kappa shape index (κ3) is 4.11. The van der Waals surface area contributed by atoms with Gasteiger partial charge in [-0.3, -0.25) is 0 Å². The molecule has 0 aliphatic heterocycles. The van der Waals surface area contributed by atoms with Crippen molar-refractivity contribution in [1.29, 1.82) is 0 Å². The van der Waals surface area contributed by atoms with Crippen molar-refractivity contribution in [2.45, 2.75) is 110 Å². The van der Waals surface area contributed by atoms with Gasteiger partial charge in [-0.15, -0.1) is 0 Å². The lowest BCUT2D eigenvalue weighted by molar-refractivity contribution is -0.0576. The van der Waals surface area contributed by atoms with Gasteiger partial charge in [0, 0.05) is 0 Å². The molecule has 0 aromatic heterocycles. The minimum atomic E-state index is -0.726. The molecular weight excluding hydrogens is 416 g/mol. The van der Waals surface area contributed by atoms with Crippen LogP contribution >= 0.6 is 0 Å². The lowest BCUT2D eigenvalue weighted by Crippen LogP contribution is -2.50. The molecule has 0 saturated heterocycles. The minimum absolute atomic E-state index is 0.107. The highest BCUT2D eigenvalue weighted by molar-refractivity contribution is 5.25. The average molecular weight is 465 g/mol. The standard InChI is InChI=1S/C32H48O2/c1-22(9-8-18-32(4,34)23-10-6-5-7-11-23)27-14-15-28-26-13-12-24-21-25(33)16-19-30(24,2)29(26)17-20-31(27,28)3/h5-7,10-12,22,25-29,33-34H,8-9,13-21H2,1-4H3/t22-,25-,26-,27+,28-,29-,30-,31+,32+/m0/s1. The number of allylic oxidation sites excluding steroid dienone is 1. The first-order valence-corrected chi connectivity index (χ1v) is 14.3. The summed E-state index contributed by atoms with van der Waals surface area (Å²) in [7, 11) is 0. The number of hydrogen-bond acceptors (Lipinski definition) is 2. The van der Waals surface area contributed by atoms with Gasteiger partial charge in [-0.2, -0.15) is 0 Å². The van der Waals surface area contributed by atoms with E-state index in [1.807, 2.05) is 25.1 Å². The summed E-state index contributed by atoms with van der Waals surface area (Å²) in [6, 6.07) is 10.2. The topological polar surface area (TPSA) is 40.5 Å². The van der Waals surface area contributed by atoms with E-state index in [9.17, 15) is 10.2 Å². The fraction of sp³-hybridized carbons (Fsp3) is 0.750. The first-order chi connectivity index (χ1) is 16.1. The molecular formula is C32H48O2. The minimum Gasteiger partial charge on any atom is -0.393 e. The molecule has 188 valence electrons. The molecule has 5 rings (SSSR count). The Balaban J connectivity index is 1.24. The predicted molar refractivity (Wildman–Crippen MR) is 140 cm³/mol. The Morgan fingerprint density at radius 1 is 1.03 bits per heavy atom. The largest absolute Gasteiger partial charge is 0.393 e. The van der Waals surface area contributed by atoms with Gasteiger partial charge in [-0.05, 0) is 117 Å². The Morgan fingerprint density at radius 2 is 1.79 bits per heavy atom. The lowest BCUT2D eigenvalue weighted by atomic mass is 9.47. The fourth-order valence-corrected chi connectivity index (χ4v) is 9.53. The molecule has 34 heavy (non-hydrogen) atoms. The van der Waals surface area contributed by atoms with E-state index >= 15 is 0 Å². The third-order valence-electron chi connectivity index (χ3n) is 11.6. The van der Waals surface area contributed by atoms with Crippen molar-refractivity contribution in [2.24, 2.45) is 40.4 Å². The fourth-order valence-electron chi connectivity index (χ4n) is 9.53. The van der Waals surface area contributed by atoms with Crippen LogP contribution in [-0.2, 0) is 5.60 Å². The summed E-state index contributed by atoms with van der Waals surface area (Å²) in [6.45, 7) is 9.67. The first kappa shape index (κ1) is 24.6. The number of fused-ring (bicyclic) bond motifs is 5. The molecule has 1 aromatic carbocycles. The van der Waals surface area contributed by atoms with Gasteiger partial charge < -0.3 is 10.2 Å². The van der Waals surface area contributed by atoms with E-state index in [2.05, 4.69) is 39.0 Å². The highest BCUT2D eigenvalue weighted by Gasteiger charge is 2.59. The summed E-state index contributed by atoms with van der Waals surface area (Å²) in [6.07, 6.45) is 15.6. The number of rotatable bonds is 6. The Morgan fingerprint density at radius 3 is 2.56 bits per heavy atom. The molecule has 2 N–H and O–H groups in total. The van der Waals surface area contributed by atoms with Gasteiger partial charge in [0.15, 0.2) is 0 Å². The van der Waals surface area contributed by atoms with E-state index in [-0.39, 0.29) is 6.10 Å². The molecule has 3 saturated carbocycles. The van der Waals surface area contributed by atoms with Crippen molar-refractivity contribution in [1.82, 2.24) is 0 Å². The Hall–Kier alpha value is -1.12. The van der Waals surface area contributed by atoms with Crippen LogP contribution in [0.4, 0.5) is 0 Å². The van der Waals surface area contributed by atoms with Gasteiger partial charge in [0.1, 0.15) is 0 Å². The molecule has 2 heteroatoms. The number of aliphatic hydroxyl groups excluding tert-OH is 1. The number of aliphatic hydroxyl groups is 2. The maximum atomic E-state index is 11.0. The van der Waals surface area contributed by atoms with Crippen LogP contribution in [0.1, 0.15) is 104 Å². The molecule has 0 unspecified atom stereocenters. The Bertz CT molecular complexity index is 888. The van der Waals surface area contributed by atoms with Crippen molar-refractivity contribution >= 4 is 0 Å². The SMILES string of the molecule is C[C@@H](CCC[C@@](C)(O)c1ccccc1)[C@H]1CC[C@H]2[C@@H]3CC=C4C[C@@H](O)CC[C@]4(C)[C@H]3CC[C@]12C. The summed E-state index contributed by atoms with van der Waals surface area (Å²) in [4.78, 5) is 0. The van der Waals surface area contributed by atoms with Gasteiger partial charge in [0.05, 0.1) is 11.7 Å². The molecule has 0 spiro atoms. The average Bonchev–Trinajstić information content (AvgIpc) is 3.17. The van der Waals surface area contributed by atoms with Crippen LogP contribution in [-0.4, -0.2) is 16.3 Å². The second kappa shape index (κ2) is 9.07. The van der Waals surface area contributed by atoms with Gasteiger partial charge in [0.2, 0.25) is 0 Å². The van der Waals surface area contributed by atoms with Crippen LogP contribution in [0.2, 0.25) is 0 Å². The first-order valence-electron chi connectivity index (χ1n) is 14.3. The summed E-state index contributed by atoms with van der Waals surface area (Å²) in [5.74, 6) is 4.10. The van der Waals surface area contributed by atoms with Crippen molar-refractivity contribution in [3.8, 4) is 0 Å². The van der Waals surface area contributed by atoms with E-state index in [0.717, 1.165) is 60.8 Å². The van der Waals surface area contributed by atoms with Gasteiger partial charge in [0.25, 0.3) is 0 Å². The molecule has 3 fully saturated rings. The molecule has 4 aliphatic rings. The highest BCUT2D eigenvalue weighted by atomic mass is 16.3. The third-order valence-corrected chi connectivity index (χ3v) is 11.6. The van der Waals surface area contributed by atoms with Crippen LogP contribution in [0.15, 0.2) is 42.0 Å². The van der Waals surface area contributed by atoms with Crippen LogP contribution in [0, 0.1) is 40.4 Å². The van der Waals surface area contributed by atoms with Crippen molar-refractivity contribution in [3.63, 3.8) is 0 Å². The summed E-state index contributed by atoms with van der Waals surface area (Å²) < 4.78 is 0.